The van der Waals surface area contributed by atoms with Crippen LogP contribution in [-0.4, -0.2) is 49.0 Å². The Morgan fingerprint density at radius 2 is 2.09 bits per heavy atom. The Hall–Kier alpha value is -3.44. The maximum atomic E-state index is 12.5. The second kappa shape index (κ2) is 10.9. The molecule has 33 heavy (non-hydrogen) atoms. The quantitative estimate of drug-likeness (QED) is 0.363. The molecule has 1 aliphatic heterocycles. The van der Waals surface area contributed by atoms with Crippen molar-refractivity contribution >= 4 is 17.4 Å². The molecule has 1 saturated heterocycles. The molecule has 0 spiro atoms. The van der Waals surface area contributed by atoms with Gasteiger partial charge >= 0.3 is 6.03 Å². The van der Waals surface area contributed by atoms with Gasteiger partial charge < -0.3 is 34.4 Å². The third-order valence-electron chi connectivity index (χ3n) is 5.03. The average Bonchev–Trinajstić information content (AvgIpc) is 3.52. The average molecular weight is 454 g/mol. The van der Waals surface area contributed by atoms with Crippen LogP contribution in [0.2, 0.25) is 0 Å². The van der Waals surface area contributed by atoms with Crippen molar-refractivity contribution in [1.82, 2.24) is 10.3 Å². The number of carbonyl (C=O) groups is 1. The predicted molar refractivity (Wildman–Crippen MR) is 121 cm³/mol. The van der Waals surface area contributed by atoms with E-state index < -0.39 is 12.4 Å². The summed E-state index contributed by atoms with van der Waals surface area (Å²) >= 11 is 0. The molecular weight excluding hydrogens is 428 g/mol. The maximum Gasteiger partial charge on any atom is 0.323 e. The van der Waals surface area contributed by atoms with Gasteiger partial charge in [-0.25, -0.2) is 9.78 Å². The topological polar surface area (TPSA) is 127 Å². The fourth-order valence-electron chi connectivity index (χ4n) is 3.43. The minimum atomic E-state index is -1.09. The van der Waals surface area contributed by atoms with Crippen LogP contribution in [0, 0.1) is 0 Å². The third-order valence-corrected chi connectivity index (χ3v) is 5.03. The Labute approximate surface area is 190 Å². The summed E-state index contributed by atoms with van der Waals surface area (Å²) in [5.41, 5.74) is 2.77. The largest absolute Gasteiger partial charge is 0.496 e. The van der Waals surface area contributed by atoms with Gasteiger partial charge in [0.05, 0.1) is 31.6 Å². The molecule has 4 rings (SSSR count). The van der Waals surface area contributed by atoms with Gasteiger partial charge in [0.1, 0.15) is 5.75 Å². The first kappa shape index (κ1) is 22.7. The number of urea groups is 1. The van der Waals surface area contributed by atoms with Gasteiger partial charge in [-0.1, -0.05) is 12.1 Å². The van der Waals surface area contributed by atoms with Crippen molar-refractivity contribution in [1.29, 1.82) is 0 Å². The van der Waals surface area contributed by atoms with E-state index in [0.29, 0.717) is 42.6 Å². The molecule has 10 nitrogen and oxygen atoms in total. The molecule has 2 amide bonds. The molecular formula is C23H26N4O6. The van der Waals surface area contributed by atoms with Gasteiger partial charge in [0.25, 0.3) is 0 Å². The summed E-state index contributed by atoms with van der Waals surface area (Å²) < 4.78 is 21.4. The molecule has 3 aromatic rings. The number of aliphatic hydroxyl groups excluding tert-OH is 1. The molecule has 0 saturated carbocycles. The number of methoxy groups -OCH3 is 1. The van der Waals surface area contributed by atoms with Crippen molar-refractivity contribution < 1.29 is 28.5 Å². The Morgan fingerprint density at radius 3 is 2.82 bits per heavy atom. The molecule has 2 atom stereocenters. The van der Waals surface area contributed by atoms with Gasteiger partial charge in [-0.2, -0.15) is 0 Å². The Kier molecular flexibility index (Phi) is 7.53. The van der Waals surface area contributed by atoms with E-state index in [0.717, 1.165) is 17.5 Å². The highest BCUT2D eigenvalue weighted by molar-refractivity contribution is 6.00. The van der Waals surface area contributed by atoms with E-state index in [9.17, 15) is 9.90 Å². The van der Waals surface area contributed by atoms with Crippen LogP contribution in [0.5, 0.6) is 5.75 Å². The molecule has 2 unspecified atom stereocenters. The highest BCUT2D eigenvalue weighted by Gasteiger charge is 2.19. The molecule has 1 aliphatic rings. The number of carbonyl (C=O) groups excluding carboxylic acids is 1. The van der Waals surface area contributed by atoms with Crippen LogP contribution in [0.1, 0.15) is 12.0 Å². The molecule has 0 aliphatic carbocycles. The molecule has 1 fully saturated rings. The second-order valence-electron chi connectivity index (χ2n) is 7.42. The second-order valence-corrected chi connectivity index (χ2v) is 7.42. The Balaban J connectivity index is 1.31. The normalized spacial score (nSPS) is 16.4. The lowest BCUT2D eigenvalue weighted by atomic mass is 10.1. The van der Waals surface area contributed by atoms with Gasteiger partial charge in [-0.05, 0) is 36.2 Å². The summed E-state index contributed by atoms with van der Waals surface area (Å²) in [6.45, 7) is 1.50. The maximum absolute atomic E-state index is 12.5. The van der Waals surface area contributed by atoms with Crippen molar-refractivity contribution in [2.24, 2.45) is 0 Å². The van der Waals surface area contributed by atoms with E-state index in [2.05, 4.69) is 20.9 Å². The minimum absolute atomic E-state index is 0.104. The van der Waals surface area contributed by atoms with Crippen molar-refractivity contribution in [2.45, 2.75) is 25.5 Å². The van der Waals surface area contributed by atoms with E-state index in [4.69, 9.17) is 18.6 Å². The van der Waals surface area contributed by atoms with Gasteiger partial charge in [0.15, 0.2) is 12.2 Å². The monoisotopic (exact) mass is 454 g/mol. The highest BCUT2D eigenvalue weighted by Crippen LogP contribution is 2.32. The molecule has 0 bridgehead atoms. The van der Waals surface area contributed by atoms with Crippen LogP contribution in [0.15, 0.2) is 59.5 Å². The number of oxazole rings is 1. The number of nitrogens with one attached hydrogen (secondary N) is 3. The van der Waals surface area contributed by atoms with Gasteiger partial charge in [-0.3, -0.25) is 5.32 Å². The lowest BCUT2D eigenvalue weighted by molar-refractivity contribution is -0.153. The van der Waals surface area contributed by atoms with E-state index in [-0.39, 0.29) is 6.10 Å². The number of ether oxygens (including phenoxy) is 3. The van der Waals surface area contributed by atoms with E-state index in [1.165, 1.54) is 6.39 Å². The number of anilines is 2. The summed E-state index contributed by atoms with van der Waals surface area (Å²) in [5, 5.41) is 18.5. The van der Waals surface area contributed by atoms with Crippen LogP contribution in [-0.2, 0) is 16.0 Å². The number of rotatable bonds is 9. The number of hydrogen-bond donors (Lipinski definition) is 4. The third kappa shape index (κ3) is 6.30. The smallest absolute Gasteiger partial charge is 0.323 e. The number of amides is 2. The molecule has 10 heteroatoms. The summed E-state index contributed by atoms with van der Waals surface area (Å²) in [4.78, 5) is 16.4. The van der Waals surface area contributed by atoms with Crippen molar-refractivity contribution in [3.63, 3.8) is 0 Å². The lowest BCUT2D eigenvalue weighted by Gasteiger charge is -2.17. The Morgan fingerprint density at radius 1 is 1.24 bits per heavy atom. The van der Waals surface area contributed by atoms with Crippen LogP contribution in [0.3, 0.4) is 0 Å². The van der Waals surface area contributed by atoms with E-state index in [1.54, 1.807) is 37.6 Å². The standard InChI is InChI=1S/C23H26N4O6/c1-30-20-10-17(5-6-19(20)21-12-24-14-32-21)27-22(28)26-16-4-2-3-15(9-16)11-25-23(29)33-18-7-8-31-13-18/h2-6,9-10,12,14,18,23,25,29H,7-8,11,13H2,1H3,(H2,26,27,28). The summed E-state index contributed by atoms with van der Waals surface area (Å²) in [5.74, 6) is 1.11. The van der Waals surface area contributed by atoms with Gasteiger partial charge in [0, 0.05) is 30.6 Å². The number of nitrogens with zero attached hydrogens (tertiary/aromatic N) is 1. The summed E-state index contributed by atoms with van der Waals surface area (Å²) in [7, 11) is 1.54. The first-order valence-electron chi connectivity index (χ1n) is 10.5. The number of benzene rings is 2. The van der Waals surface area contributed by atoms with Crippen LogP contribution >= 0.6 is 0 Å². The molecule has 174 valence electrons. The molecule has 0 radical (unpaired) electrons. The minimum Gasteiger partial charge on any atom is -0.496 e. The molecule has 2 aromatic carbocycles. The van der Waals surface area contributed by atoms with Gasteiger partial charge in [0.2, 0.25) is 6.41 Å². The molecule has 2 heterocycles. The highest BCUT2D eigenvalue weighted by atomic mass is 16.6. The zero-order valence-electron chi connectivity index (χ0n) is 18.1. The number of hydrogen-bond acceptors (Lipinski definition) is 8. The van der Waals surface area contributed by atoms with E-state index >= 15 is 0 Å². The van der Waals surface area contributed by atoms with Crippen LogP contribution < -0.4 is 20.7 Å². The Bertz CT molecular complexity index is 1050. The first-order valence-corrected chi connectivity index (χ1v) is 10.5. The van der Waals surface area contributed by atoms with Crippen LogP contribution in [0.4, 0.5) is 16.2 Å². The first-order chi connectivity index (χ1) is 16.1. The molecule has 4 N–H and O–H groups in total. The zero-order valence-corrected chi connectivity index (χ0v) is 18.1. The number of aliphatic hydroxyl groups is 1. The summed E-state index contributed by atoms with van der Waals surface area (Å²) in [6, 6.07) is 12.1. The zero-order chi connectivity index (χ0) is 23.0. The van der Waals surface area contributed by atoms with Gasteiger partial charge in [-0.15, -0.1) is 0 Å². The summed E-state index contributed by atoms with van der Waals surface area (Å²) in [6.07, 6.45) is 2.51. The van der Waals surface area contributed by atoms with Crippen molar-refractivity contribution in [2.75, 3.05) is 31.0 Å². The fraction of sp³-hybridized carbons (Fsp3) is 0.304. The lowest BCUT2D eigenvalue weighted by Crippen LogP contribution is -2.34. The SMILES string of the molecule is COc1cc(NC(=O)Nc2cccc(CNC(O)OC3CCOC3)c2)ccc1-c1cnco1. The predicted octanol–water partition coefficient (Wildman–Crippen LogP) is 3.17. The van der Waals surface area contributed by atoms with E-state index in [1.807, 2.05) is 18.2 Å². The fourth-order valence-corrected chi connectivity index (χ4v) is 3.43. The molecule has 1 aromatic heterocycles. The van der Waals surface area contributed by atoms with Crippen molar-refractivity contribution in [3.8, 4) is 17.1 Å². The van der Waals surface area contributed by atoms with Crippen molar-refractivity contribution in [3.05, 3.63) is 60.6 Å². The van der Waals surface area contributed by atoms with Crippen LogP contribution in [0.25, 0.3) is 11.3 Å². The number of aromatic nitrogens is 1.